The zero-order chi connectivity index (χ0) is 14.2. The molecule has 2 fully saturated rings. The average molecular weight is 414 g/mol. The molecule has 0 bridgehead atoms. The predicted octanol–water partition coefficient (Wildman–Crippen LogP) is 2.10. The molecule has 2 unspecified atom stereocenters. The van der Waals surface area contributed by atoms with Crippen molar-refractivity contribution in [2.75, 3.05) is 31.1 Å². The van der Waals surface area contributed by atoms with Gasteiger partial charge in [0.1, 0.15) is 17.0 Å². The minimum Gasteiger partial charge on any atom is -0.355 e. The van der Waals surface area contributed by atoms with Gasteiger partial charge in [-0.1, -0.05) is 11.3 Å². The highest BCUT2D eigenvalue weighted by Crippen LogP contribution is 2.34. The van der Waals surface area contributed by atoms with E-state index in [-0.39, 0.29) is 0 Å². The number of aromatic nitrogens is 4. The van der Waals surface area contributed by atoms with E-state index in [2.05, 4.69) is 46.1 Å². The zero-order valence-electron chi connectivity index (χ0n) is 11.4. The van der Waals surface area contributed by atoms with Crippen molar-refractivity contribution in [3.63, 3.8) is 0 Å². The normalized spacial score (nSPS) is 26.0. The van der Waals surface area contributed by atoms with E-state index >= 15 is 0 Å². The summed E-state index contributed by atoms with van der Waals surface area (Å²) >= 11 is 3.94. The lowest BCUT2D eigenvalue weighted by atomic mass is 9.89. The topological polar surface area (TPSA) is 58.0 Å². The van der Waals surface area contributed by atoms with Gasteiger partial charge in [0.2, 0.25) is 0 Å². The van der Waals surface area contributed by atoms with Gasteiger partial charge in [0, 0.05) is 49.0 Å². The summed E-state index contributed by atoms with van der Waals surface area (Å²) in [5, 5.41) is 8.78. The lowest BCUT2D eigenvalue weighted by Gasteiger charge is -2.35. The Morgan fingerprint density at radius 3 is 2.95 bits per heavy atom. The first-order chi connectivity index (χ1) is 10.3. The van der Waals surface area contributed by atoms with Crippen LogP contribution in [0.4, 0.5) is 5.82 Å². The van der Waals surface area contributed by atoms with Crippen molar-refractivity contribution in [3.8, 4) is 10.7 Å². The molecule has 0 aromatic carbocycles. The van der Waals surface area contributed by atoms with Crippen LogP contribution < -0.4 is 4.90 Å². The Morgan fingerprint density at radius 1 is 1.19 bits per heavy atom. The molecule has 0 N–H and O–H groups in total. The first-order valence-electron chi connectivity index (χ1n) is 7.04. The molecule has 2 aromatic heterocycles. The molecular weight excluding hydrogens is 399 g/mol. The highest BCUT2D eigenvalue weighted by atomic mass is 127. The van der Waals surface area contributed by atoms with Gasteiger partial charge in [-0.05, 0) is 18.3 Å². The highest BCUT2D eigenvalue weighted by molar-refractivity contribution is 14.1. The zero-order valence-corrected chi connectivity index (χ0v) is 14.4. The standard InChI is InChI=1S/C13H15IN6S/c14-20-6-9-1-2-19(5-10(9)7-20)12-4-15-3-11(17-12)13-18-16-8-21-13/h3-4,8-10H,1-2,5-7H2. The van der Waals surface area contributed by atoms with Crippen molar-refractivity contribution >= 4 is 40.0 Å². The van der Waals surface area contributed by atoms with Crippen molar-refractivity contribution in [3.05, 3.63) is 17.9 Å². The number of anilines is 1. The summed E-state index contributed by atoms with van der Waals surface area (Å²) in [6.07, 6.45) is 4.87. The third-order valence-electron chi connectivity index (χ3n) is 4.28. The van der Waals surface area contributed by atoms with E-state index in [1.807, 2.05) is 6.20 Å². The van der Waals surface area contributed by atoms with Crippen molar-refractivity contribution in [2.45, 2.75) is 6.42 Å². The van der Waals surface area contributed by atoms with Gasteiger partial charge in [0.05, 0.1) is 12.4 Å². The maximum atomic E-state index is 4.73. The van der Waals surface area contributed by atoms with Gasteiger partial charge < -0.3 is 4.90 Å². The average Bonchev–Trinajstić information content (AvgIpc) is 3.15. The second-order valence-electron chi connectivity index (χ2n) is 5.59. The first kappa shape index (κ1) is 13.8. The van der Waals surface area contributed by atoms with Crippen LogP contribution in [0.5, 0.6) is 0 Å². The van der Waals surface area contributed by atoms with Crippen LogP contribution in [0.1, 0.15) is 6.42 Å². The van der Waals surface area contributed by atoms with Crippen LogP contribution in [-0.4, -0.2) is 49.5 Å². The fourth-order valence-corrected chi connectivity index (χ4v) is 4.73. The smallest absolute Gasteiger partial charge is 0.167 e. The van der Waals surface area contributed by atoms with Crippen LogP contribution in [-0.2, 0) is 0 Å². The molecule has 0 spiro atoms. The van der Waals surface area contributed by atoms with Gasteiger partial charge in [-0.3, -0.25) is 4.98 Å². The SMILES string of the molecule is IN1CC2CCN(c3cncc(-c4nncs4)n3)CC2C1. The molecular formula is C13H15IN6S. The van der Waals surface area contributed by atoms with Crippen LogP contribution in [0.3, 0.4) is 0 Å². The van der Waals surface area contributed by atoms with Crippen molar-refractivity contribution in [1.82, 2.24) is 23.3 Å². The molecule has 0 saturated carbocycles. The van der Waals surface area contributed by atoms with E-state index in [4.69, 9.17) is 4.98 Å². The molecule has 8 heteroatoms. The molecule has 2 aliphatic rings. The van der Waals surface area contributed by atoms with Gasteiger partial charge in [0.15, 0.2) is 5.01 Å². The summed E-state index contributed by atoms with van der Waals surface area (Å²) in [5.74, 6) is 2.56. The molecule has 2 aliphatic heterocycles. The van der Waals surface area contributed by atoms with E-state index in [9.17, 15) is 0 Å². The van der Waals surface area contributed by atoms with Crippen LogP contribution >= 0.6 is 34.2 Å². The largest absolute Gasteiger partial charge is 0.355 e. The molecule has 0 radical (unpaired) electrons. The quantitative estimate of drug-likeness (QED) is 0.554. The number of hydrogen-bond donors (Lipinski definition) is 0. The third-order valence-corrected chi connectivity index (χ3v) is 5.78. The molecule has 6 nitrogen and oxygen atoms in total. The number of fused-ring (bicyclic) bond motifs is 1. The molecule has 4 heterocycles. The van der Waals surface area contributed by atoms with Crippen molar-refractivity contribution < 1.29 is 0 Å². The fourth-order valence-electron chi connectivity index (χ4n) is 3.22. The molecule has 0 aliphatic carbocycles. The maximum Gasteiger partial charge on any atom is 0.167 e. The first-order valence-corrected chi connectivity index (χ1v) is 8.88. The van der Waals surface area contributed by atoms with Gasteiger partial charge in [-0.15, -0.1) is 10.2 Å². The van der Waals surface area contributed by atoms with Gasteiger partial charge >= 0.3 is 0 Å². The van der Waals surface area contributed by atoms with Crippen LogP contribution in [0, 0.1) is 11.8 Å². The summed E-state index contributed by atoms with van der Waals surface area (Å²) in [7, 11) is 0. The summed E-state index contributed by atoms with van der Waals surface area (Å²) in [6.45, 7) is 4.57. The van der Waals surface area contributed by atoms with E-state index in [1.165, 1.54) is 30.8 Å². The summed E-state index contributed by atoms with van der Waals surface area (Å²) in [5.41, 5.74) is 2.54. The number of rotatable bonds is 2. The Labute approximate surface area is 141 Å². The molecule has 2 aromatic rings. The third kappa shape index (κ3) is 2.76. The summed E-state index contributed by atoms with van der Waals surface area (Å²) < 4.78 is 2.42. The second kappa shape index (κ2) is 5.73. The lowest BCUT2D eigenvalue weighted by Crippen LogP contribution is -2.40. The van der Waals surface area contributed by atoms with E-state index in [0.29, 0.717) is 0 Å². The summed E-state index contributed by atoms with van der Waals surface area (Å²) in [4.78, 5) is 11.4. The number of halogens is 1. The molecule has 21 heavy (non-hydrogen) atoms. The summed E-state index contributed by atoms with van der Waals surface area (Å²) in [6, 6.07) is 0. The maximum absolute atomic E-state index is 4.73. The minimum absolute atomic E-state index is 0.752. The number of hydrogen-bond acceptors (Lipinski definition) is 7. The number of nitrogens with zero attached hydrogens (tertiary/aromatic N) is 6. The predicted molar refractivity (Wildman–Crippen MR) is 90.3 cm³/mol. The fraction of sp³-hybridized carbons (Fsp3) is 0.538. The van der Waals surface area contributed by atoms with Gasteiger partial charge in [-0.25, -0.2) is 8.10 Å². The van der Waals surface area contributed by atoms with Crippen molar-refractivity contribution in [2.24, 2.45) is 11.8 Å². The van der Waals surface area contributed by atoms with Crippen LogP contribution in [0.25, 0.3) is 10.7 Å². The molecule has 0 amide bonds. The Balaban J connectivity index is 1.55. The van der Waals surface area contributed by atoms with Gasteiger partial charge in [-0.2, -0.15) is 0 Å². The van der Waals surface area contributed by atoms with Crippen LogP contribution in [0.15, 0.2) is 17.9 Å². The van der Waals surface area contributed by atoms with Gasteiger partial charge in [0.25, 0.3) is 0 Å². The second-order valence-corrected chi connectivity index (χ2v) is 7.79. The van der Waals surface area contributed by atoms with E-state index < -0.39 is 0 Å². The Hall–Kier alpha value is -0.870. The molecule has 110 valence electrons. The Bertz CT molecular complexity index is 621. The van der Waals surface area contributed by atoms with E-state index in [1.54, 1.807) is 11.7 Å². The Morgan fingerprint density at radius 2 is 2.10 bits per heavy atom. The minimum atomic E-state index is 0.752. The highest BCUT2D eigenvalue weighted by Gasteiger charge is 2.36. The van der Waals surface area contributed by atoms with E-state index in [0.717, 1.165) is 41.4 Å². The lowest BCUT2D eigenvalue weighted by molar-refractivity contribution is 0.347. The van der Waals surface area contributed by atoms with Crippen molar-refractivity contribution in [1.29, 1.82) is 0 Å². The number of piperidine rings is 1. The molecule has 2 atom stereocenters. The van der Waals surface area contributed by atoms with Crippen LogP contribution in [0.2, 0.25) is 0 Å². The monoisotopic (exact) mass is 414 g/mol. The molecule has 4 rings (SSSR count). The Kier molecular flexibility index (Phi) is 3.76. The molecule has 2 saturated heterocycles.